The van der Waals surface area contributed by atoms with Gasteiger partial charge in [0.2, 0.25) is 5.78 Å². The lowest BCUT2D eigenvalue weighted by Gasteiger charge is -2.19. The Morgan fingerprint density at radius 3 is 2.27 bits per heavy atom. The molecule has 0 aliphatic rings. The van der Waals surface area contributed by atoms with E-state index in [9.17, 15) is 9.59 Å². The molecule has 1 aromatic heterocycles. The summed E-state index contributed by atoms with van der Waals surface area (Å²) < 4.78 is 12.4. The van der Waals surface area contributed by atoms with Gasteiger partial charge in [0.15, 0.2) is 12.4 Å². The first-order valence-electron chi connectivity index (χ1n) is 10.6. The summed E-state index contributed by atoms with van der Waals surface area (Å²) in [5.41, 5.74) is 2.54. The minimum Gasteiger partial charge on any atom is -0.484 e. The Bertz CT molecular complexity index is 1300. The number of hydrogen-bond acceptors (Lipinski definition) is 4. The van der Waals surface area contributed by atoms with Crippen LogP contribution in [0.25, 0.3) is 11.0 Å². The molecule has 0 spiro atoms. The summed E-state index contributed by atoms with van der Waals surface area (Å²) in [4.78, 5) is 25.8. The molecule has 6 heteroatoms. The van der Waals surface area contributed by atoms with Gasteiger partial charge >= 0.3 is 0 Å². The van der Waals surface area contributed by atoms with E-state index >= 15 is 0 Å². The van der Waals surface area contributed by atoms with Crippen molar-refractivity contribution in [1.29, 1.82) is 0 Å². The summed E-state index contributed by atoms with van der Waals surface area (Å²) in [7, 11) is 0. The number of nitrogens with one attached hydrogen (secondary N) is 1. The molecule has 1 amide bonds. The Hall–Kier alpha value is -3.38. The van der Waals surface area contributed by atoms with E-state index in [0.29, 0.717) is 28.0 Å². The molecule has 0 fully saturated rings. The third kappa shape index (κ3) is 5.17. The van der Waals surface area contributed by atoms with Crippen molar-refractivity contribution >= 4 is 44.3 Å². The van der Waals surface area contributed by atoms with E-state index in [-0.39, 0.29) is 29.5 Å². The first kappa shape index (κ1) is 22.8. The van der Waals surface area contributed by atoms with Gasteiger partial charge in [0.05, 0.1) is 5.69 Å². The fraction of sp³-hybridized carbons (Fsp3) is 0.185. The Morgan fingerprint density at radius 1 is 0.939 bits per heavy atom. The number of furan rings is 1. The molecule has 0 saturated heterocycles. The van der Waals surface area contributed by atoms with Crippen LogP contribution in [0, 0.1) is 0 Å². The molecule has 33 heavy (non-hydrogen) atoms. The predicted octanol–water partition coefficient (Wildman–Crippen LogP) is 6.74. The maximum atomic E-state index is 13.1. The molecule has 0 atom stereocenters. The number of anilines is 1. The SMILES string of the molecule is CC(C)(C)c1ccc(OCC(=O)Nc2c(C(=O)c3ccc(Br)cc3)oc3ccccc23)cc1. The first-order valence-corrected chi connectivity index (χ1v) is 11.4. The van der Waals surface area contributed by atoms with Crippen LogP contribution < -0.4 is 10.1 Å². The monoisotopic (exact) mass is 505 g/mol. The second-order valence-corrected chi connectivity index (χ2v) is 9.67. The molecule has 4 aromatic rings. The highest BCUT2D eigenvalue weighted by Crippen LogP contribution is 2.33. The summed E-state index contributed by atoms with van der Waals surface area (Å²) in [5.74, 6) is -0.0123. The standard InChI is InChI=1S/C27H24BrNO4/c1-27(2,3)18-10-14-20(15-11-18)32-16-23(30)29-24-21-6-4-5-7-22(21)33-26(24)25(31)17-8-12-19(28)13-9-17/h4-15H,16H2,1-3H3,(H,29,30). The summed E-state index contributed by atoms with van der Waals surface area (Å²) in [5, 5.41) is 3.47. The predicted molar refractivity (Wildman–Crippen MR) is 133 cm³/mol. The highest BCUT2D eigenvalue weighted by molar-refractivity contribution is 9.10. The molecule has 168 valence electrons. The molecular weight excluding hydrogens is 482 g/mol. The fourth-order valence-corrected chi connectivity index (χ4v) is 3.70. The van der Waals surface area contributed by atoms with Crippen molar-refractivity contribution in [3.8, 4) is 5.75 Å². The van der Waals surface area contributed by atoms with Crippen LogP contribution in [0.4, 0.5) is 5.69 Å². The largest absolute Gasteiger partial charge is 0.484 e. The minimum absolute atomic E-state index is 0.0377. The Kier molecular flexibility index (Phi) is 6.38. The van der Waals surface area contributed by atoms with Gasteiger partial charge in [0.25, 0.3) is 5.91 Å². The van der Waals surface area contributed by atoms with Gasteiger partial charge in [-0.3, -0.25) is 9.59 Å². The number of fused-ring (bicyclic) bond motifs is 1. The zero-order valence-corrected chi connectivity index (χ0v) is 20.2. The Balaban J connectivity index is 1.54. The maximum absolute atomic E-state index is 13.1. The molecule has 0 aliphatic carbocycles. The quantitative estimate of drug-likeness (QED) is 0.294. The zero-order valence-electron chi connectivity index (χ0n) is 18.6. The van der Waals surface area contributed by atoms with Crippen LogP contribution in [0.15, 0.2) is 81.7 Å². The first-order chi connectivity index (χ1) is 15.7. The molecule has 0 unspecified atom stereocenters. The van der Waals surface area contributed by atoms with Gasteiger partial charge in [-0.25, -0.2) is 0 Å². The van der Waals surface area contributed by atoms with Crippen LogP contribution in [0.2, 0.25) is 0 Å². The average Bonchev–Trinajstić information content (AvgIpc) is 3.16. The van der Waals surface area contributed by atoms with Gasteiger partial charge in [-0.1, -0.05) is 61.0 Å². The number of ether oxygens (including phenoxy) is 1. The lowest BCUT2D eigenvalue weighted by molar-refractivity contribution is -0.118. The normalized spacial score (nSPS) is 11.4. The lowest BCUT2D eigenvalue weighted by Crippen LogP contribution is -2.21. The number of amides is 1. The van der Waals surface area contributed by atoms with E-state index in [0.717, 1.165) is 4.47 Å². The van der Waals surface area contributed by atoms with Crippen molar-refractivity contribution in [3.05, 3.63) is 94.2 Å². The highest BCUT2D eigenvalue weighted by atomic mass is 79.9. The second kappa shape index (κ2) is 9.24. The molecule has 0 radical (unpaired) electrons. The van der Waals surface area contributed by atoms with Crippen molar-refractivity contribution in [2.75, 3.05) is 11.9 Å². The van der Waals surface area contributed by atoms with E-state index in [1.165, 1.54) is 5.56 Å². The van der Waals surface area contributed by atoms with E-state index in [2.05, 4.69) is 42.0 Å². The maximum Gasteiger partial charge on any atom is 0.262 e. The van der Waals surface area contributed by atoms with Crippen molar-refractivity contribution in [2.24, 2.45) is 0 Å². The van der Waals surface area contributed by atoms with Crippen molar-refractivity contribution in [1.82, 2.24) is 0 Å². The van der Waals surface area contributed by atoms with Gasteiger partial charge in [0, 0.05) is 15.4 Å². The third-order valence-electron chi connectivity index (χ3n) is 5.26. The molecule has 4 rings (SSSR count). The number of hydrogen-bond donors (Lipinski definition) is 1. The van der Waals surface area contributed by atoms with Crippen molar-refractivity contribution in [3.63, 3.8) is 0 Å². The number of halogens is 1. The van der Waals surface area contributed by atoms with E-state index in [1.807, 2.05) is 36.4 Å². The topological polar surface area (TPSA) is 68.5 Å². The van der Waals surface area contributed by atoms with Gasteiger partial charge in [-0.2, -0.15) is 0 Å². The van der Waals surface area contributed by atoms with Crippen LogP contribution in [-0.4, -0.2) is 18.3 Å². The van der Waals surface area contributed by atoms with E-state index in [1.54, 1.807) is 36.4 Å². The lowest BCUT2D eigenvalue weighted by atomic mass is 9.87. The van der Waals surface area contributed by atoms with Crippen LogP contribution >= 0.6 is 15.9 Å². The fourth-order valence-electron chi connectivity index (χ4n) is 3.44. The number of para-hydroxylation sites is 1. The van der Waals surface area contributed by atoms with E-state index in [4.69, 9.17) is 9.15 Å². The molecule has 1 heterocycles. The van der Waals surface area contributed by atoms with E-state index < -0.39 is 0 Å². The summed E-state index contributed by atoms with van der Waals surface area (Å²) >= 11 is 3.37. The molecule has 3 aromatic carbocycles. The van der Waals surface area contributed by atoms with Crippen LogP contribution in [-0.2, 0) is 10.2 Å². The summed E-state index contributed by atoms with van der Waals surface area (Å²) in [6.45, 7) is 6.22. The second-order valence-electron chi connectivity index (χ2n) is 8.75. The molecule has 0 aliphatic heterocycles. The third-order valence-corrected chi connectivity index (χ3v) is 5.79. The molecule has 5 nitrogen and oxygen atoms in total. The number of carbonyl (C=O) groups excluding carboxylic acids is 2. The smallest absolute Gasteiger partial charge is 0.262 e. The summed E-state index contributed by atoms with van der Waals surface area (Å²) in [6, 6.07) is 21.9. The van der Waals surface area contributed by atoms with Gasteiger partial charge in [-0.15, -0.1) is 0 Å². The van der Waals surface area contributed by atoms with Crippen LogP contribution in [0.1, 0.15) is 42.5 Å². The number of rotatable bonds is 6. The average molecular weight is 506 g/mol. The van der Waals surface area contributed by atoms with Gasteiger partial charge in [-0.05, 0) is 59.5 Å². The molecular formula is C27H24BrNO4. The minimum atomic E-state index is -0.383. The summed E-state index contributed by atoms with van der Waals surface area (Å²) in [6.07, 6.45) is 0. The van der Waals surface area contributed by atoms with Gasteiger partial charge < -0.3 is 14.5 Å². The number of ketones is 1. The molecule has 0 bridgehead atoms. The zero-order chi connectivity index (χ0) is 23.6. The molecule has 0 saturated carbocycles. The number of benzene rings is 3. The molecule has 1 N–H and O–H groups in total. The number of carbonyl (C=O) groups is 2. The highest BCUT2D eigenvalue weighted by Gasteiger charge is 2.23. The van der Waals surface area contributed by atoms with Crippen LogP contribution in [0.5, 0.6) is 5.75 Å². The van der Waals surface area contributed by atoms with Crippen molar-refractivity contribution < 1.29 is 18.7 Å². The Morgan fingerprint density at radius 2 is 1.61 bits per heavy atom. The van der Waals surface area contributed by atoms with Crippen LogP contribution in [0.3, 0.4) is 0 Å². The van der Waals surface area contributed by atoms with Crippen molar-refractivity contribution in [2.45, 2.75) is 26.2 Å². The van der Waals surface area contributed by atoms with Gasteiger partial charge in [0.1, 0.15) is 11.3 Å². The Labute approximate surface area is 200 Å².